The van der Waals surface area contributed by atoms with Crippen LogP contribution in [0.15, 0.2) is 18.2 Å². The number of para-hydroxylation sites is 1. The van der Waals surface area contributed by atoms with Crippen LogP contribution in [0.2, 0.25) is 0 Å². The van der Waals surface area contributed by atoms with E-state index in [1.165, 1.54) is 11.1 Å². The Bertz CT molecular complexity index is 393. The van der Waals surface area contributed by atoms with Gasteiger partial charge in [-0.25, -0.2) is 0 Å². The van der Waals surface area contributed by atoms with E-state index in [1.54, 1.807) is 0 Å². The van der Waals surface area contributed by atoms with Crippen LogP contribution in [0.4, 0.5) is 0 Å². The Hall–Kier alpha value is -1.46. The van der Waals surface area contributed by atoms with Crippen molar-refractivity contribution < 1.29 is 4.74 Å². The summed E-state index contributed by atoms with van der Waals surface area (Å²) < 4.78 is 5.87. The first-order valence-corrected chi connectivity index (χ1v) is 6.65. The van der Waals surface area contributed by atoms with Crippen molar-refractivity contribution in [3.8, 4) is 18.1 Å². The van der Waals surface area contributed by atoms with Crippen LogP contribution in [-0.4, -0.2) is 13.2 Å². The van der Waals surface area contributed by atoms with E-state index in [1.807, 2.05) is 0 Å². The predicted octanol–water partition coefficient (Wildman–Crippen LogP) is 3.29. The molecule has 1 N–H and O–H groups in total. The van der Waals surface area contributed by atoms with E-state index >= 15 is 0 Å². The molecule has 0 unspecified atom stereocenters. The molecule has 0 atom stereocenters. The van der Waals surface area contributed by atoms with Crippen molar-refractivity contribution in [2.24, 2.45) is 0 Å². The van der Waals surface area contributed by atoms with Crippen LogP contribution in [0.5, 0.6) is 5.75 Å². The van der Waals surface area contributed by atoms with Crippen LogP contribution in [0.25, 0.3) is 0 Å². The number of benzene rings is 1. The largest absolute Gasteiger partial charge is 0.493 e. The SMILES string of the molecule is C#CCCCOc1c(C)cccc1CNCCC. The number of hydrogen-bond donors (Lipinski definition) is 1. The molecule has 1 rings (SSSR count). The first-order valence-electron chi connectivity index (χ1n) is 6.65. The molecule has 0 saturated carbocycles. The van der Waals surface area contributed by atoms with Crippen molar-refractivity contribution in [3.63, 3.8) is 0 Å². The Morgan fingerprint density at radius 3 is 2.94 bits per heavy atom. The minimum absolute atomic E-state index is 0.690. The van der Waals surface area contributed by atoms with Gasteiger partial charge in [-0.3, -0.25) is 0 Å². The molecule has 0 aromatic heterocycles. The molecule has 0 fully saturated rings. The molecule has 1 aromatic carbocycles. The van der Waals surface area contributed by atoms with Gasteiger partial charge in [0.25, 0.3) is 0 Å². The molecule has 0 amide bonds. The highest BCUT2D eigenvalue weighted by Gasteiger charge is 2.06. The average molecular weight is 245 g/mol. The van der Waals surface area contributed by atoms with Crippen molar-refractivity contribution in [3.05, 3.63) is 29.3 Å². The Morgan fingerprint density at radius 2 is 2.22 bits per heavy atom. The smallest absolute Gasteiger partial charge is 0.126 e. The molecule has 0 spiro atoms. The number of ether oxygens (including phenoxy) is 1. The second kappa shape index (κ2) is 8.60. The van der Waals surface area contributed by atoms with Crippen molar-refractivity contribution in [2.75, 3.05) is 13.2 Å². The summed E-state index contributed by atoms with van der Waals surface area (Å²) in [5, 5.41) is 3.41. The lowest BCUT2D eigenvalue weighted by Gasteiger charge is -2.14. The fraction of sp³-hybridized carbons (Fsp3) is 0.500. The van der Waals surface area contributed by atoms with Crippen molar-refractivity contribution in [2.45, 2.75) is 39.7 Å². The summed E-state index contributed by atoms with van der Waals surface area (Å²) in [5.41, 5.74) is 2.41. The van der Waals surface area contributed by atoms with Gasteiger partial charge in [0.1, 0.15) is 5.75 Å². The van der Waals surface area contributed by atoms with Gasteiger partial charge in [0, 0.05) is 18.5 Å². The quantitative estimate of drug-likeness (QED) is 0.560. The molecule has 0 aliphatic rings. The van der Waals surface area contributed by atoms with Gasteiger partial charge in [0.15, 0.2) is 0 Å². The Kier molecular flexibility index (Phi) is 6.98. The molecule has 1 aromatic rings. The molecular formula is C16H23NO. The summed E-state index contributed by atoms with van der Waals surface area (Å²) in [6, 6.07) is 6.28. The molecule has 2 nitrogen and oxygen atoms in total. The molecule has 0 aliphatic heterocycles. The molecule has 2 heteroatoms. The molecule has 0 heterocycles. The summed E-state index contributed by atoms with van der Waals surface area (Å²) in [6.45, 7) is 6.83. The summed E-state index contributed by atoms with van der Waals surface area (Å²) in [5.74, 6) is 3.64. The highest BCUT2D eigenvalue weighted by molar-refractivity contribution is 5.40. The van der Waals surface area contributed by atoms with Gasteiger partial charge < -0.3 is 10.1 Å². The van der Waals surface area contributed by atoms with Gasteiger partial charge in [0.2, 0.25) is 0 Å². The van der Waals surface area contributed by atoms with Gasteiger partial charge in [-0.05, 0) is 31.9 Å². The fourth-order valence-corrected chi connectivity index (χ4v) is 1.81. The van der Waals surface area contributed by atoms with Gasteiger partial charge in [-0.2, -0.15) is 0 Å². The van der Waals surface area contributed by atoms with E-state index in [4.69, 9.17) is 11.2 Å². The van der Waals surface area contributed by atoms with E-state index in [2.05, 4.69) is 43.3 Å². The molecule has 18 heavy (non-hydrogen) atoms. The highest BCUT2D eigenvalue weighted by Crippen LogP contribution is 2.23. The van der Waals surface area contributed by atoms with Crippen LogP contribution in [-0.2, 0) is 6.54 Å². The van der Waals surface area contributed by atoms with Crippen molar-refractivity contribution >= 4 is 0 Å². The normalized spacial score (nSPS) is 10.1. The summed E-state index contributed by atoms with van der Waals surface area (Å²) in [6.07, 6.45) is 8.06. The Morgan fingerprint density at radius 1 is 1.39 bits per heavy atom. The summed E-state index contributed by atoms with van der Waals surface area (Å²) in [4.78, 5) is 0. The van der Waals surface area contributed by atoms with Crippen molar-refractivity contribution in [1.29, 1.82) is 0 Å². The molecule has 0 bridgehead atoms. The van der Waals surface area contributed by atoms with E-state index in [0.717, 1.165) is 38.1 Å². The molecule has 0 radical (unpaired) electrons. The standard InChI is InChI=1S/C16H23NO/c1-4-6-7-12-18-16-14(3)9-8-10-15(16)13-17-11-5-2/h1,8-10,17H,5-7,11-13H2,2-3H3. The van der Waals surface area contributed by atoms with Gasteiger partial charge in [-0.1, -0.05) is 25.1 Å². The van der Waals surface area contributed by atoms with Gasteiger partial charge in [0.05, 0.1) is 6.61 Å². The van der Waals surface area contributed by atoms with Gasteiger partial charge >= 0.3 is 0 Å². The number of hydrogen-bond acceptors (Lipinski definition) is 2. The average Bonchev–Trinajstić information content (AvgIpc) is 2.37. The van der Waals surface area contributed by atoms with Gasteiger partial charge in [-0.15, -0.1) is 12.3 Å². The number of aryl methyl sites for hydroxylation is 1. The van der Waals surface area contributed by atoms with Crippen LogP contribution in [0.3, 0.4) is 0 Å². The fourth-order valence-electron chi connectivity index (χ4n) is 1.81. The number of terminal acetylenes is 1. The van der Waals surface area contributed by atoms with E-state index in [-0.39, 0.29) is 0 Å². The molecular weight excluding hydrogens is 222 g/mol. The maximum Gasteiger partial charge on any atom is 0.126 e. The topological polar surface area (TPSA) is 21.3 Å². The maximum atomic E-state index is 5.87. The monoisotopic (exact) mass is 245 g/mol. The first-order chi connectivity index (χ1) is 8.79. The third kappa shape index (κ3) is 4.81. The second-order valence-corrected chi connectivity index (χ2v) is 4.40. The Balaban J connectivity index is 2.59. The highest BCUT2D eigenvalue weighted by atomic mass is 16.5. The maximum absolute atomic E-state index is 5.87. The van der Waals surface area contributed by atoms with E-state index < -0.39 is 0 Å². The van der Waals surface area contributed by atoms with E-state index in [9.17, 15) is 0 Å². The van der Waals surface area contributed by atoms with E-state index in [0.29, 0.717) is 6.61 Å². The third-order valence-electron chi connectivity index (χ3n) is 2.75. The first kappa shape index (κ1) is 14.6. The predicted molar refractivity (Wildman–Crippen MR) is 76.7 cm³/mol. The zero-order chi connectivity index (χ0) is 13.2. The third-order valence-corrected chi connectivity index (χ3v) is 2.75. The number of nitrogens with one attached hydrogen (secondary N) is 1. The van der Waals surface area contributed by atoms with Crippen LogP contribution >= 0.6 is 0 Å². The molecule has 0 aliphatic carbocycles. The zero-order valence-corrected chi connectivity index (χ0v) is 11.5. The number of rotatable bonds is 8. The van der Waals surface area contributed by atoms with Crippen LogP contribution in [0, 0.1) is 19.3 Å². The Labute approximate surface area is 111 Å². The molecule has 0 saturated heterocycles. The van der Waals surface area contributed by atoms with Crippen molar-refractivity contribution in [1.82, 2.24) is 5.32 Å². The number of unbranched alkanes of at least 4 members (excludes halogenated alkanes) is 1. The lowest BCUT2D eigenvalue weighted by molar-refractivity contribution is 0.307. The van der Waals surface area contributed by atoms with Crippen LogP contribution in [0.1, 0.15) is 37.3 Å². The second-order valence-electron chi connectivity index (χ2n) is 4.40. The lowest BCUT2D eigenvalue weighted by atomic mass is 10.1. The minimum atomic E-state index is 0.690. The summed E-state index contributed by atoms with van der Waals surface area (Å²) in [7, 11) is 0. The summed E-state index contributed by atoms with van der Waals surface area (Å²) >= 11 is 0. The zero-order valence-electron chi connectivity index (χ0n) is 11.5. The lowest BCUT2D eigenvalue weighted by Crippen LogP contribution is -2.15. The minimum Gasteiger partial charge on any atom is -0.493 e. The molecule has 98 valence electrons. The van der Waals surface area contributed by atoms with Crippen LogP contribution < -0.4 is 10.1 Å².